The highest BCUT2D eigenvalue weighted by molar-refractivity contribution is 7.99. The summed E-state index contributed by atoms with van der Waals surface area (Å²) in [5.41, 5.74) is 1.48. The molecule has 1 aromatic rings. The summed E-state index contributed by atoms with van der Waals surface area (Å²) >= 11 is 1.98. The van der Waals surface area contributed by atoms with Gasteiger partial charge in [-0.3, -0.25) is 0 Å². The number of hydrogen-bond donors (Lipinski definition) is 2. The molecule has 1 heterocycles. The molecular weight excluding hydrogens is 254 g/mol. The molecule has 2 nitrogen and oxygen atoms in total. The summed E-state index contributed by atoms with van der Waals surface area (Å²) in [6.45, 7) is 1.11. The van der Waals surface area contributed by atoms with Gasteiger partial charge in [-0.25, -0.2) is 0 Å². The molecule has 1 unspecified atom stereocenters. The third-order valence-electron chi connectivity index (χ3n) is 4.43. The number of rotatable bonds is 3. The van der Waals surface area contributed by atoms with Gasteiger partial charge in [-0.15, -0.1) is 11.8 Å². The lowest BCUT2D eigenvalue weighted by Crippen LogP contribution is -2.32. The molecule has 3 rings (SSSR count). The minimum Gasteiger partial charge on any atom is -0.393 e. The van der Waals surface area contributed by atoms with Gasteiger partial charge in [0.1, 0.15) is 0 Å². The van der Waals surface area contributed by atoms with Crippen molar-refractivity contribution in [2.75, 3.05) is 12.3 Å². The van der Waals surface area contributed by atoms with E-state index in [-0.39, 0.29) is 6.10 Å². The molecule has 1 atom stereocenters. The highest BCUT2D eigenvalue weighted by Gasteiger charge is 2.23. The van der Waals surface area contributed by atoms with Crippen LogP contribution in [0.1, 0.15) is 43.7 Å². The zero-order chi connectivity index (χ0) is 13.1. The number of hydrogen-bond acceptors (Lipinski definition) is 3. The number of aliphatic hydroxyl groups excluding tert-OH is 1. The lowest BCUT2D eigenvalue weighted by atomic mass is 9.87. The monoisotopic (exact) mass is 277 g/mol. The Balaban J connectivity index is 1.56. The van der Waals surface area contributed by atoms with Crippen molar-refractivity contribution in [2.45, 2.75) is 49.1 Å². The standard InChI is InChI=1S/C16H23NOS/c18-13-7-5-12(6-8-13)11-17-15-9-10-19-16-4-2-1-3-14(15)16/h1-4,12-13,15,17-18H,5-11H2. The van der Waals surface area contributed by atoms with Gasteiger partial charge >= 0.3 is 0 Å². The molecule has 0 bridgehead atoms. The highest BCUT2D eigenvalue weighted by atomic mass is 32.2. The molecule has 3 heteroatoms. The molecule has 104 valence electrons. The highest BCUT2D eigenvalue weighted by Crippen LogP contribution is 2.36. The fourth-order valence-corrected chi connectivity index (χ4v) is 4.34. The molecule has 1 aliphatic heterocycles. The molecule has 0 aromatic heterocycles. The van der Waals surface area contributed by atoms with Gasteiger partial charge < -0.3 is 10.4 Å². The molecular formula is C16H23NOS. The van der Waals surface area contributed by atoms with Gasteiger partial charge in [0.15, 0.2) is 0 Å². The van der Waals surface area contributed by atoms with Crippen molar-refractivity contribution in [2.24, 2.45) is 5.92 Å². The third kappa shape index (κ3) is 3.33. The number of aliphatic hydroxyl groups is 1. The molecule has 1 saturated carbocycles. The summed E-state index contributed by atoms with van der Waals surface area (Å²) < 4.78 is 0. The number of thioether (sulfide) groups is 1. The van der Waals surface area contributed by atoms with Crippen LogP contribution in [0.5, 0.6) is 0 Å². The Morgan fingerprint density at radius 2 is 1.89 bits per heavy atom. The summed E-state index contributed by atoms with van der Waals surface area (Å²) in [7, 11) is 0. The van der Waals surface area contributed by atoms with Gasteiger partial charge in [-0.2, -0.15) is 0 Å². The van der Waals surface area contributed by atoms with E-state index in [1.165, 1.54) is 35.5 Å². The van der Waals surface area contributed by atoms with Crippen molar-refractivity contribution in [1.29, 1.82) is 0 Å². The van der Waals surface area contributed by atoms with Crippen LogP contribution in [-0.2, 0) is 0 Å². The van der Waals surface area contributed by atoms with E-state index in [0.29, 0.717) is 6.04 Å². The van der Waals surface area contributed by atoms with Crippen molar-refractivity contribution < 1.29 is 5.11 Å². The van der Waals surface area contributed by atoms with E-state index in [0.717, 1.165) is 25.3 Å². The maximum Gasteiger partial charge on any atom is 0.0540 e. The lowest BCUT2D eigenvalue weighted by Gasteiger charge is -2.30. The van der Waals surface area contributed by atoms with E-state index in [2.05, 4.69) is 29.6 Å². The third-order valence-corrected chi connectivity index (χ3v) is 5.55. The first kappa shape index (κ1) is 13.5. The van der Waals surface area contributed by atoms with Crippen LogP contribution in [0.15, 0.2) is 29.2 Å². The molecule has 0 radical (unpaired) electrons. The van der Waals surface area contributed by atoms with E-state index in [1.807, 2.05) is 11.8 Å². The Kier molecular flexibility index (Phi) is 4.46. The maximum absolute atomic E-state index is 9.55. The first-order valence-corrected chi connectivity index (χ1v) is 8.44. The van der Waals surface area contributed by atoms with Crippen LogP contribution in [0, 0.1) is 5.92 Å². The van der Waals surface area contributed by atoms with Crippen LogP contribution < -0.4 is 5.32 Å². The van der Waals surface area contributed by atoms with E-state index < -0.39 is 0 Å². The van der Waals surface area contributed by atoms with Crippen molar-refractivity contribution >= 4 is 11.8 Å². The second kappa shape index (κ2) is 6.29. The second-order valence-corrected chi connectivity index (χ2v) is 6.95. The normalized spacial score (nSPS) is 30.9. The molecule has 0 spiro atoms. The Hall–Kier alpha value is -0.510. The maximum atomic E-state index is 9.55. The molecule has 1 aliphatic carbocycles. The Bertz CT molecular complexity index is 415. The molecule has 1 aromatic carbocycles. The Morgan fingerprint density at radius 1 is 1.11 bits per heavy atom. The fraction of sp³-hybridized carbons (Fsp3) is 0.625. The average molecular weight is 277 g/mol. The lowest BCUT2D eigenvalue weighted by molar-refractivity contribution is 0.107. The summed E-state index contributed by atoms with van der Waals surface area (Å²) in [6, 6.07) is 9.33. The molecule has 2 aliphatic rings. The topological polar surface area (TPSA) is 32.3 Å². The average Bonchev–Trinajstić information content (AvgIpc) is 2.47. The van der Waals surface area contributed by atoms with Gasteiger partial charge in [0.2, 0.25) is 0 Å². The van der Waals surface area contributed by atoms with Crippen LogP contribution in [-0.4, -0.2) is 23.5 Å². The first-order valence-electron chi connectivity index (χ1n) is 7.46. The van der Waals surface area contributed by atoms with Gasteiger partial charge in [0.05, 0.1) is 6.10 Å². The second-order valence-electron chi connectivity index (χ2n) is 5.81. The smallest absolute Gasteiger partial charge is 0.0540 e. The molecule has 0 amide bonds. The summed E-state index contributed by atoms with van der Waals surface area (Å²) in [5.74, 6) is 1.98. The van der Waals surface area contributed by atoms with E-state index in [1.54, 1.807) is 0 Å². The minimum absolute atomic E-state index is 0.0388. The summed E-state index contributed by atoms with van der Waals surface area (Å²) in [5, 5.41) is 13.3. The van der Waals surface area contributed by atoms with E-state index in [9.17, 15) is 5.11 Å². The zero-order valence-electron chi connectivity index (χ0n) is 11.3. The van der Waals surface area contributed by atoms with Crippen molar-refractivity contribution in [1.82, 2.24) is 5.32 Å². The fourth-order valence-electron chi connectivity index (χ4n) is 3.21. The van der Waals surface area contributed by atoms with E-state index >= 15 is 0 Å². The molecule has 19 heavy (non-hydrogen) atoms. The number of benzene rings is 1. The van der Waals surface area contributed by atoms with Gasteiger partial charge in [-0.1, -0.05) is 18.2 Å². The summed E-state index contributed by atoms with van der Waals surface area (Å²) in [4.78, 5) is 1.45. The first-order chi connectivity index (χ1) is 9.33. The van der Waals surface area contributed by atoms with Gasteiger partial charge in [0, 0.05) is 10.9 Å². The minimum atomic E-state index is -0.0388. The number of fused-ring (bicyclic) bond motifs is 1. The number of nitrogens with one attached hydrogen (secondary N) is 1. The quantitative estimate of drug-likeness (QED) is 0.888. The van der Waals surface area contributed by atoms with Gasteiger partial charge in [-0.05, 0) is 61.9 Å². The summed E-state index contributed by atoms with van der Waals surface area (Å²) in [6.07, 6.45) is 5.53. The van der Waals surface area contributed by atoms with Crippen LogP contribution >= 0.6 is 11.8 Å². The van der Waals surface area contributed by atoms with Crippen molar-refractivity contribution in [3.63, 3.8) is 0 Å². The van der Waals surface area contributed by atoms with Gasteiger partial charge in [0.25, 0.3) is 0 Å². The Morgan fingerprint density at radius 3 is 2.74 bits per heavy atom. The predicted octanol–water partition coefficient (Wildman–Crippen LogP) is 3.36. The van der Waals surface area contributed by atoms with Crippen LogP contribution in [0.25, 0.3) is 0 Å². The van der Waals surface area contributed by atoms with Crippen LogP contribution in [0.2, 0.25) is 0 Å². The Labute approximate surface area is 120 Å². The molecule has 1 fully saturated rings. The van der Waals surface area contributed by atoms with Crippen LogP contribution in [0.4, 0.5) is 0 Å². The predicted molar refractivity (Wildman–Crippen MR) is 80.5 cm³/mol. The molecule has 0 saturated heterocycles. The zero-order valence-corrected chi connectivity index (χ0v) is 12.2. The SMILES string of the molecule is OC1CCC(CNC2CCSc3ccccc32)CC1. The van der Waals surface area contributed by atoms with Crippen LogP contribution in [0.3, 0.4) is 0 Å². The van der Waals surface area contributed by atoms with Crippen molar-refractivity contribution in [3.05, 3.63) is 29.8 Å². The van der Waals surface area contributed by atoms with E-state index in [4.69, 9.17) is 0 Å². The molecule has 2 N–H and O–H groups in total. The van der Waals surface area contributed by atoms with Crippen molar-refractivity contribution in [3.8, 4) is 0 Å². The largest absolute Gasteiger partial charge is 0.393 e.